The van der Waals surface area contributed by atoms with Crippen LogP contribution < -0.4 is 10.6 Å². The summed E-state index contributed by atoms with van der Waals surface area (Å²) in [5.74, 6) is -3.37. The second kappa shape index (κ2) is 20.0. The van der Waals surface area contributed by atoms with Crippen LogP contribution in [0.3, 0.4) is 0 Å². The quantitative estimate of drug-likeness (QED) is 0.172. The molecule has 288 valence electrons. The summed E-state index contributed by atoms with van der Waals surface area (Å²) in [6, 6.07) is 7.13. The molecule has 8 atom stereocenters. The summed E-state index contributed by atoms with van der Waals surface area (Å²) in [7, 11) is 6.51. The van der Waals surface area contributed by atoms with E-state index in [4.69, 9.17) is 9.47 Å². The monoisotopic (exact) mass is 716 g/mol. The summed E-state index contributed by atoms with van der Waals surface area (Å²) < 4.78 is 11.8. The van der Waals surface area contributed by atoms with Gasteiger partial charge in [0.2, 0.25) is 17.7 Å². The Balaban J connectivity index is 2.26. The first kappa shape index (κ1) is 43.8. The van der Waals surface area contributed by atoms with Crippen LogP contribution in [0.4, 0.5) is 0 Å². The number of aliphatic carboxylic acids is 1. The van der Waals surface area contributed by atoms with Crippen LogP contribution >= 0.6 is 0 Å². The Labute approximate surface area is 305 Å². The third-order valence-electron chi connectivity index (χ3n) is 11.0. The minimum Gasteiger partial charge on any atom is -0.480 e. The van der Waals surface area contributed by atoms with E-state index in [2.05, 4.69) is 10.6 Å². The number of nitrogens with zero attached hydrogens (tertiary/aromatic N) is 2. The molecule has 0 aromatic heterocycles. The van der Waals surface area contributed by atoms with Crippen molar-refractivity contribution in [2.45, 2.75) is 123 Å². The Bertz CT molecular complexity index is 1310. The van der Waals surface area contributed by atoms with Crippen LogP contribution in [0.5, 0.6) is 0 Å². The number of carboxylic acid groups (broad SMARTS) is 1. The first-order valence-electron chi connectivity index (χ1n) is 18.4. The van der Waals surface area contributed by atoms with Gasteiger partial charge in [-0.15, -0.1) is 0 Å². The lowest BCUT2D eigenvalue weighted by atomic mass is 9.83. The molecule has 0 radical (unpaired) electrons. The van der Waals surface area contributed by atoms with Gasteiger partial charge in [-0.3, -0.25) is 19.2 Å². The number of hydrogen-bond donors (Lipinski definition) is 3. The van der Waals surface area contributed by atoms with Gasteiger partial charge in [0.15, 0.2) is 5.78 Å². The van der Waals surface area contributed by atoms with E-state index in [0.29, 0.717) is 19.4 Å². The number of ketones is 1. The molecule has 1 aromatic carbocycles. The predicted octanol–water partition coefficient (Wildman–Crippen LogP) is 3.95. The van der Waals surface area contributed by atoms with Gasteiger partial charge in [-0.1, -0.05) is 71.4 Å². The number of ether oxygens (including phenoxy) is 2. The van der Waals surface area contributed by atoms with Crippen LogP contribution in [0, 0.1) is 23.7 Å². The Kier molecular flexibility index (Phi) is 17.2. The molecule has 1 heterocycles. The number of methoxy groups -OCH3 is 2. The van der Waals surface area contributed by atoms with Crippen molar-refractivity contribution >= 4 is 29.5 Å². The second-order valence-corrected chi connectivity index (χ2v) is 15.0. The number of amides is 3. The Morgan fingerprint density at radius 2 is 1.65 bits per heavy atom. The molecule has 51 heavy (non-hydrogen) atoms. The van der Waals surface area contributed by atoms with Crippen molar-refractivity contribution in [3.63, 3.8) is 0 Å². The zero-order valence-electron chi connectivity index (χ0n) is 32.7. The topological polar surface area (TPSA) is 155 Å². The molecule has 12 heteroatoms. The summed E-state index contributed by atoms with van der Waals surface area (Å²) in [5.41, 5.74) is 0.0178. The predicted molar refractivity (Wildman–Crippen MR) is 197 cm³/mol. The average molecular weight is 717 g/mol. The summed E-state index contributed by atoms with van der Waals surface area (Å²) in [6.45, 7) is 13.7. The molecule has 12 nitrogen and oxygen atoms in total. The molecular weight excluding hydrogens is 652 g/mol. The summed E-state index contributed by atoms with van der Waals surface area (Å²) >= 11 is 0. The van der Waals surface area contributed by atoms with E-state index in [9.17, 15) is 29.1 Å². The third-order valence-corrected chi connectivity index (χ3v) is 11.0. The molecule has 1 aliphatic heterocycles. The lowest BCUT2D eigenvalue weighted by molar-refractivity contribution is -0.149. The van der Waals surface area contributed by atoms with E-state index in [1.165, 1.54) is 7.11 Å². The van der Waals surface area contributed by atoms with Gasteiger partial charge >= 0.3 is 5.97 Å². The number of carboxylic acids is 1. The first-order chi connectivity index (χ1) is 23.9. The molecule has 3 N–H and O–H groups in total. The van der Waals surface area contributed by atoms with Crippen molar-refractivity contribution in [1.29, 1.82) is 0 Å². The lowest BCUT2D eigenvalue weighted by Crippen LogP contribution is -2.55. The van der Waals surface area contributed by atoms with Gasteiger partial charge < -0.3 is 35.0 Å². The SMILES string of the molecule is CCC(C)C(C(CC(=O)N1CCCC1C(OC)C(C)C(=O)NC(Cc1ccccc1)C(=O)O)OC)N(C)C(=O)C(CC(=O)C(C)(C)NC)C(C)C. The third kappa shape index (κ3) is 11.6. The number of hydrogen-bond acceptors (Lipinski definition) is 8. The number of benzene rings is 1. The van der Waals surface area contributed by atoms with Gasteiger partial charge in [0.25, 0.3) is 0 Å². The lowest BCUT2D eigenvalue weighted by Gasteiger charge is -2.41. The Hall–Kier alpha value is -3.35. The van der Waals surface area contributed by atoms with Gasteiger partial charge in [-0.25, -0.2) is 4.79 Å². The molecular formula is C39H64N4O8. The molecule has 0 saturated carbocycles. The van der Waals surface area contributed by atoms with E-state index in [1.807, 2.05) is 58.0 Å². The van der Waals surface area contributed by atoms with E-state index in [1.54, 1.807) is 51.8 Å². The molecule has 8 unspecified atom stereocenters. The smallest absolute Gasteiger partial charge is 0.326 e. The summed E-state index contributed by atoms with van der Waals surface area (Å²) in [6.07, 6.45) is 1.00. The molecule has 0 bridgehead atoms. The fraction of sp³-hybridized carbons (Fsp3) is 0.718. The first-order valence-corrected chi connectivity index (χ1v) is 18.4. The number of carbonyl (C=O) groups is 5. The number of carbonyl (C=O) groups excluding carboxylic acids is 4. The summed E-state index contributed by atoms with van der Waals surface area (Å²) in [4.78, 5) is 70.3. The highest BCUT2D eigenvalue weighted by molar-refractivity contribution is 5.92. The molecule has 0 spiro atoms. The number of nitrogens with one attached hydrogen (secondary N) is 2. The minimum atomic E-state index is -1.14. The molecule has 1 aromatic rings. The van der Waals surface area contributed by atoms with Gasteiger partial charge in [0, 0.05) is 46.6 Å². The average Bonchev–Trinajstić information content (AvgIpc) is 3.59. The molecule has 2 rings (SSSR count). The van der Waals surface area contributed by atoms with Crippen molar-refractivity contribution in [3.8, 4) is 0 Å². The maximum Gasteiger partial charge on any atom is 0.326 e. The highest BCUT2D eigenvalue weighted by Crippen LogP contribution is 2.31. The fourth-order valence-electron chi connectivity index (χ4n) is 7.12. The van der Waals surface area contributed by atoms with Gasteiger partial charge in [-0.2, -0.15) is 0 Å². The van der Waals surface area contributed by atoms with Crippen molar-refractivity contribution in [2.24, 2.45) is 23.7 Å². The molecule has 3 amide bonds. The summed E-state index contributed by atoms with van der Waals surface area (Å²) in [5, 5.41) is 15.6. The van der Waals surface area contributed by atoms with Crippen LogP contribution in [-0.4, -0.2) is 115 Å². The second-order valence-electron chi connectivity index (χ2n) is 15.0. The van der Waals surface area contributed by atoms with E-state index < -0.39 is 59.6 Å². The standard InChI is InChI=1S/C39H64N4O8/c1-12-25(4)34(42(9)37(47)28(24(2)3)22-32(44)39(6,7)40-8)31(50-10)23-33(45)43-20-16-19-30(43)35(51-11)26(5)36(46)41-29(38(48)49)21-27-17-14-13-15-18-27/h13-15,17-18,24-26,28-31,34-35,40H,12,16,19-23H2,1-11H3,(H,41,46)(H,48,49). The maximum absolute atomic E-state index is 14.1. The van der Waals surface area contributed by atoms with Crippen molar-refractivity contribution in [3.05, 3.63) is 35.9 Å². The van der Waals surface area contributed by atoms with Crippen LogP contribution in [0.2, 0.25) is 0 Å². The Morgan fingerprint density at radius 3 is 2.16 bits per heavy atom. The van der Waals surface area contributed by atoms with Crippen molar-refractivity contribution in [1.82, 2.24) is 20.4 Å². The normalized spacial score (nSPS) is 19.1. The van der Waals surface area contributed by atoms with Crippen LogP contribution in [0.25, 0.3) is 0 Å². The fourth-order valence-corrected chi connectivity index (χ4v) is 7.12. The number of rotatable bonds is 21. The van der Waals surface area contributed by atoms with Gasteiger partial charge in [-0.05, 0) is 51.1 Å². The molecule has 1 fully saturated rings. The maximum atomic E-state index is 14.1. The minimum absolute atomic E-state index is 0.00681. The Morgan fingerprint density at radius 1 is 1.02 bits per heavy atom. The zero-order chi connectivity index (χ0) is 38.6. The largest absolute Gasteiger partial charge is 0.480 e. The molecule has 1 aliphatic rings. The van der Waals surface area contributed by atoms with Crippen LogP contribution in [0.15, 0.2) is 30.3 Å². The zero-order valence-corrected chi connectivity index (χ0v) is 32.7. The van der Waals surface area contributed by atoms with Gasteiger partial charge in [0.1, 0.15) is 6.04 Å². The van der Waals surface area contributed by atoms with Crippen LogP contribution in [-0.2, 0) is 39.9 Å². The van der Waals surface area contributed by atoms with E-state index in [-0.39, 0.29) is 48.7 Å². The molecule has 1 saturated heterocycles. The number of Topliss-reactive ketones (excluding diaryl/α,β-unsaturated/α-hetero) is 1. The highest BCUT2D eigenvalue weighted by atomic mass is 16.5. The number of likely N-dealkylation sites (tertiary alicyclic amines) is 1. The van der Waals surface area contributed by atoms with E-state index in [0.717, 1.165) is 12.0 Å². The van der Waals surface area contributed by atoms with Crippen LogP contribution in [0.1, 0.15) is 86.1 Å². The van der Waals surface area contributed by atoms with Crippen molar-refractivity contribution in [2.75, 3.05) is 34.9 Å². The molecule has 0 aliphatic carbocycles. The number of likely N-dealkylation sites (N-methyl/N-ethyl adjacent to an activating group) is 2. The van der Waals surface area contributed by atoms with E-state index >= 15 is 0 Å². The van der Waals surface area contributed by atoms with Gasteiger partial charge in [0.05, 0.1) is 42.2 Å². The van der Waals surface area contributed by atoms with Crippen molar-refractivity contribution < 1.29 is 38.6 Å². The highest BCUT2D eigenvalue weighted by Gasteiger charge is 2.43.